The number of benzene rings is 1. The molecule has 1 saturated heterocycles. The van der Waals surface area contributed by atoms with Gasteiger partial charge in [-0.1, -0.05) is 66.5 Å². The first-order valence-electron chi connectivity index (χ1n) is 23.7. The summed E-state index contributed by atoms with van der Waals surface area (Å²) in [5, 5.41) is 23.3. The zero-order valence-electron chi connectivity index (χ0n) is 40.9. The summed E-state index contributed by atoms with van der Waals surface area (Å²) in [5.74, 6) is -4.44. The molecule has 4 amide bonds. The average molecular weight is 958 g/mol. The largest absolute Gasteiger partial charge is 0.481 e. The number of carbonyl (C=O) groups is 7. The zero-order chi connectivity index (χ0) is 49.6. The molecule has 18 nitrogen and oxygen atoms in total. The molecule has 2 aromatic rings. The Morgan fingerprint density at radius 2 is 1.67 bits per heavy atom. The number of esters is 2. The maximum absolute atomic E-state index is 14.8. The number of amides is 4. The number of ether oxygens (including phenoxy) is 3. The summed E-state index contributed by atoms with van der Waals surface area (Å²) in [4.78, 5) is 100. The van der Waals surface area contributed by atoms with Crippen LogP contribution in [0.15, 0.2) is 29.6 Å². The molecule has 0 aliphatic carbocycles. The molecular formula is C48H75N7O11S. The van der Waals surface area contributed by atoms with Gasteiger partial charge in [-0.05, 0) is 102 Å². The zero-order valence-corrected chi connectivity index (χ0v) is 41.7. The Kier molecular flexibility index (Phi) is 24.2. The predicted molar refractivity (Wildman–Crippen MR) is 254 cm³/mol. The minimum atomic E-state index is -1.03. The number of rotatable bonds is 28. The second-order valence-electron chi connectivity index (χ2n) is 17.9. The standard InChI is InChI=1S/C48H75N7O11S/c1-10-16-41(57)64-29-55(46(60)42(31(5)11-2)53-44(59)38-17-12-15-24-54(38)9)39(30(3)4)27-40(65-33(7)56)45-52-37(28-67-45)43(58)51-35(25-32(6)47(61)62)26-34-18-20-36(21-19-34)66-48(63)50-23-14-13-22-49-8/h18-21,28,30-32,35,38-40,42,49H,10-17,22-27,29H2,1-9H3,(H,50,63)(H,51,58)(H,53,59)(H,61,62). The number of carboxylic acids is 1. The highest BCUT2D eigenvalue weighted by molar-refractivity contribution is 7.09. The smallest absolute Gasteiger partial charge is 0.412 e. The van der Waals surface area contributed by atoms with E-state index in [0.717, 1.165) is 55.7 Å². The monoisotopic (exact) mass is 958 g/mol. The van der Waals surface area contributed by atoms with Crippen molar-refractivity contribution in [2.75, 3.05) is 40.5 Å². The lowest BCUT2D eigenvalue weighted by atomic mass is 9.92. The van der Waals surface area contributed by atoms with Gasteiger partial charge in [-0.25, -0.2) is 9.78 Å². The van der Waals surface area contributed by atoms with Crippen molar-refractivity contribution in [2.24, 2.45) is 17.8 Å². The molecule has 0 spiro atoms. The third kappa shape index (κ3) is 18.8. The third-order valence-electron chi connectivity index (χ3n) is 12.0. The molecule has 1 aromatic heterocycles. The number of nitrogens with one attached hydrogen (secondary N) is 4. The Morgan fingerprint density at radius 3 is 2.28 bits per heavy atom. The van der Waals surface area contributed by atoms with Crippen LogP contribution < -0.4 is 26.0 Å². The van der Waals surface area contributed by atoms with Gasteiger partial charge in [0.25, 0.3) is 5.91 Å². The van der Waals surface area contributed by atoms with Crippen molar-refractivity contribution in [3.8, 4) is 5.75 Å². The van der Waals surface area contributed by atoms with Crippen molar-refractivity contribution in [3.63, 3.8) is 0 Å². The van der Waals surface area contributed by atoms with Gasteiger partial charge in [0, 0.05) is 43.8 Å². The Hall–Kier alpha value is -5.14. The Bertz CT molecular complexity index is 1910. The SMILES string of the molecule is CCCC(=O)OCN(C(=O)C(NC(=O)C1CCCCN1C)C(C)CC)C(CC(OC(C)=O)c1nc(C(=O)NC(Cc2ccc(OC(=O)NCCCCNC)cc2)CC(C)C(=O)O)cs1)C(C)C. The van der Waals surface area contributed by atoms with Gasteiger partial charge >= 0.3 is 24.0 Å². The fourth-order valence-corrected chi connectivity index (χ4v) is 8.73. The van der Waals surface area contributed by atoms with Crippen LogP contribution in [0.5, 0.6) is 5.75 Å². The number of aromatic nitrogens is 1. The minimum Gasteiger partial charge on any atom is -0.481 e. The van der Waals surface area contributed by atoms with Crippen molar-refractivity contribution >= 4 is 53.1 Å². The molecule has 2 heterocycles. The molecule has 19 heteroatoms. The lowest BCUT2D eigenvalue weighted by molar-refractivity contribution is -0.160. The number of nitrogens with zero attached hydrogens (tertiary/aromatic N) is 3. The summed E-state index contributed by atoms with van der Waals surface area (Å²) < 4.78 is 16.9. The van der Waals surface area contributed by atoms with Crippen LogP contribution in [-0.4, -0.2) is 126 Å². The topological polar surface area (TPSA) is 235 Å². The van der Waals surface area contributed by atoms with Gasteiger partial charge in [0.2, 0.25) is 11.8 Å². The van der Waals surface area contributed by atoms with E-state index in [9.17, 15) is 38.7 Å². The van der Waals surface area contributed by atoms with Crippen molar-refractivity contribution in [1.82, 2.24) is 36.1 Å². The summed E-state index contributed by atoms with van der Waals surface area (Å²) in [6.07, 6.45) is 4.27. The third-order valence-corrected chi connectivity index (χ3v) is 13.0. The second-order valence-corrected chi connectivity index (χ2v) is 18.8. The van der Waals surface area contributed by atoms with Crippen LogP contribution in [0, 0.1) is 17.8 Å². The van der Waals surface area contributed by atoms with Crippen LogP contribution >= 0.6 is 11.3 Å². The molecule has 0 saturated carbocycles. The molecule has 5 N–H and O–H groups in total. The molecule has 0 bridgehead atoms. The van der Waals surface area contributed by atoms with Gasteiger partial charge in [0.05, 0.1) is 12.0 Å². The van der Waals surface area contributed by atoms with Gasteiger partial charge in [-0.15, -0.1) is 11.3 Å². The second kappa shape index (κ2) is 28.9. The van der Waals surface area contributed by atoms with Crippen molar-refractivity contribution in [1.29, 1.82) is 0 Å². The molecule has 7 atom stereocenters. The number of aliphatic carboxylic acids is 1. The van der Waals surface area contributed by atoms with Crippen LogP contribution in [0.3, 0.4) is 0 Å². The van der Waals surface area contributed by atoms with Gasteiger partial charge in [-0.2, -0.15) is 0 Å². The number of thiazole rings is 1. The van der Waals surface area contributed by atoms with Crippen molar-refractivity contribution in [2.45, 2.75) is 149 Å². The van der Waals surface area contributed by atoms with Crippen LogP contribution in [0.4, 0.5) is 4.79 Å². The number of likely N-dealkylation sites (tertiary alicyclic amines) is 1. The Labute approximate surface area is 400 Å². The first-order chi connectivity index (χ1) is 31.9. The fraction of sp³-hybridized carbons (Fsp3) is 0.667. The van der Waals surface area contributed by atoms with Gasteiger partial charge in [0.15, 0.2) is 12.8 Å². The average Bonchev–Trinajstić information content (AvgIpc) is 3.78. The molecule has 1 aromatic carbocycles. The van der Waals surface area contributed by atoms with E-state index in [1.165, 1.54) is 17.2 Å². The van der Waals surface area contributed by atoms with Crippen LogP contribution in [0.1, 0.15) is 140 Å². The van der Waals surface area contributed by atoms with Crippen LogP contribution in [0.2, 0.25) is 0 Å². The van der Waals surface area contributed by atoms with Gasteiger partial charge in [0.1, 0.15) is 22.5 Å². The Balaban J connectivity index is 1.88. The highest BCUT2D eigenvalue weighted by atomic mass is 32.1. The summed E-state index contributed by atoms with van der Waals surface area (Å²) in [5.41, 5.74) is 0.771. The fourth-order valence-electron chi connectivity index (χ4n) is 7.89. The molecule has 67 heavy (non-hydrogen) atoms. The molecule has 0 radical (unpaired) electrons. The first kappa shape index (κ1) is 56.2. The van der Waals surface area contributed by atoms with E-state index in [2.05, 4.69) is 26.3 Å². The van der Waals surface area contributed by atoms with Crippen LogP contribution in [-0.2, 0) is 39.9 Å². The summed E-state index contributed by atoms with van der Waals surface area (Å²) in [7, 11) is 3.76. The summed E-state index contributed by atoms with van der Waals surface area (Å²) >= 11 is 1.09. The van der Waals surface area contributed by atoms with Crippen LogP contribution in [0.25, 0.3) is 0 Å². The lowest BCUT2D eigenvalue weighted by Crippen LogP contribution is -2.59. The summed E-state index contributed by atoms with van der Waals surface area (Å²) in [6.45, 7) is 13.9. The van der Waals surface area contributed by atoms with E-state index >= 15 is 0 Å². The van der Waals surface area contributed by atoms with E-state index in [1.807, 2.05) is 53.6 Å². The number of hydrogen-bond acceptors (Lipinski definition) is 14. The van der Waals surface area contributed by atoms with E-state index in [-0.39, 0.29) is 60.2 Å². The van der Waals surface area contributed by atoms with E-state index < -0.39 is 72.7 Å². The van der Waals surface area contributed by atoms with Crippen molar-refractivity contribution < 1.29 is 52.9 Å². The number of hydrogen-bond donors (Lipinski definition) is 5. The highest BCUT2D eigenvalue weighted by Crippen LogP contribution is 2.32. The maximum Gasteiger partial charge on any atom is 0.412 e. The van der Waals surface area contributed by atoms with E-state index in [4.69, 9.17) is 14.2 Å². The number of carboxylic acid groups (broad SMARTS) is 1. The van der Waals surface area contributed by atoms with E-state index in [1.54, 1.807) is 31.2 Å². The molecule has 3 rings (SSSR count). The normalized spacial score (nSPS) is 16.7. The molecule has 7 unspecified atom stereocenters. The number of piperidine rings is 1. The molecule has 1 fully saturated rings. The van der Waals surface area contributed by atoms with E-state index in [0.29, 0.717) is 31.6 Å². The van der Waals surface area contributed by atoms with Crippen molar-refractivity contribution in [3.05, 3.63) is 45.9 Å². The number of unbranched alkanes of at least 4 members (excludes halogenated alkanes) is 1. The Morgan fingerprint density at radius 1 is 0.970 bits per heavy atom. The lowest BCUT2D eigenvalue weighted by Gasteiger charge is -2.39. The first-order valence-corrected chi connectivity index (χ1v) is 24.6. The number of likely N-dealkylation sites (N-methyl/N-ethyl adjacent to an activating group) is 1. The molecule has 1 aliphatic heterocycles. The highest BCUT2D eigenvalue weighted by Gasteiger charge is 2.39. The molecule has 1 aliphatic rings. The molecular weight excluding hydrogens is 883 g/mol. The maximum atomic E-state index is 14.8. The quantitative estimate of drug-likeness (QED) is 0.0383. The minimum absolute atomic E-state index is 0.0144. The predicted octanol–water partition coefficient (Wildman–Crippen LogP) is 5.85. The number of carbonyl (C=O) groups excluding carboxylic acids is 6. The molecule has 374 valence electrons. The summed E-state index contributed by atoms with van der Waals surface area (Å²) in [6, 6.07) is 4.06. The van der Waals surface area contributed by atoms with Gasteiger partial charge in [-0.3, -0.25) is 33.7 Å². The van der Waals surface area contributed by atoms with Gasteiger partial charge < -0.3 is 45.5 Å².